The van der Waals surface area contributed by atoms with E-state index in [1.54, 1.807) is 29.7 Å². The quantitative estimate of drug-likeness (QED) is 0.336. The van der Waals surface area contributed by atoms with Crippen LogP contribution in [0.3, 0.4) is 0 Å². The van der Waals surface area contributed by atoms with Crippen LogP contribution in [0.2, 0.25) is 0 Å². The lowest BCUT2D eigenvalue weighted by Gasteiger charge is -2.13. The molecular formula is C25H22N2O3S. The second kappa shape index (κ2) is 7.10. The van der Waals surface area contributed by atoms with Gasteiger partial charge in [0.1, 0.15) is 11.3 Å². The van der Waals surface area contributed by atoms with Gasteiger partial charge in [0.05, 0.1) is 11.2 Å². The number of aldehydes is 1. The molecule has 0 fully saturated rings. The molecule has 0 unspecified atom stereocenters. The first-order valence-electron chi connectivity index (χ1n) is 10.1. The molecule has 1 N–H and O–H groups in total. The largest absolute Gasteiger partial charge is 0.506 e. The van der Waals surface area contributed by atoms with Crippen molar-refractivity contribution in [3.8, 4) is 16.5 Å². The van der Waals surface area contributed by atoms with Gasteiger partial charge < -0.3 is 14.1 Å². The number of phenolic OH excluding ortho intramolecular Hbond substituents is 1. The second-order valence-electron chi connectivity index (χ2n) is 8.77. The molecule has 0 spiro atoms. The number of hydrogen-bond donors (Lipinski definition) is 1. The summed E-state index contributed by atoms with van der Waals surface area (Å²) < 4.78 is 7.96. The Morgan fingerprint density at radius 2 is 2.03 bits per heavy atom. The highest BCUT2D eigenvalue weighted by molar-refractivity contribution is 7.13. The van der Waals surface area contributed by atoms with Crippen molar-refractivity contribution in [3.63, 3.8) is 0 Å². The first-order chi connectivity index (χ1) is 14.8. The predicted molar refractivity (Wildman–Crippen MR) is 124 cm³/mol. The van der Waals surface area contributed by atoms with E-state index < -0.39 is 0 Å². The van der Waals surface area contributed by atoms with Gasteiger partial charge in [0.2, 0.25) is 0 Å². The fourth-order valence-corrected chi connectivity index (χ4v) is 4.81. The van der Waals surface area contributed by atoms with Crippen LogP contribution in [0.15, 0.2) is 58.5 Å². The molecule has 5 rings (SSSR count). The summed E-state index contributed by atoms with van der Waals surface area (Å²) in [6, 6.07) is 13.3. The van der Waals surface area contributed by atoms with E-state index in [0.29, 0.717) is 17.6 Å². The molecule has 0 bridgehead atoms. The van der Waals surface area contributed by atoms with Gasteiger partial charge in [-0.15, -0.1) is 11.3 Å². The maximum absolute atomic E-state index is 11.5. The van der Waals surface area contributed by atoms with Crippen LogP contribution in [0.4, 0.5) is 0 Å². The summed E-state index contributed by atoms with van der Waals surface area (Å²) >= 11 is 1.59. The number of nitrogens with zero attached hydrogens (tertiary/aromatic N) is 2. The normalized spacial score (nSPS) is 12.1. The molecule has 3 aromatic heterocycles. The molecule has 0 amide bonds. The molecule has 0 saturated carbocycles. The SMILES string of the molecule is CC(C)(C)c1csc(-c2cc3cc(Cn4cc(C=O)c5cccc(O)c54)ccc3o2)n1. The van der Waals surface area contributed by atoms with Crippen molar-refractivity contribution in [2.24, 2.45) is 0 Å². The van der Waals surface area contributed by atoms with Crippen LogP contribution in [0.25, 0.3) is 32.6 Å². The van der Waals surface area contributed by atoms with Gasteiger partial charge in [-0.25, -0.2) is 4.98 Å². The van der Waals surface area contributed by atoms with Crippen molar-refractivity contribution in [2.75, 3.05) is 0 Å². The Hall–Kier alpha value is -3.38. The van der Waals surface area contributed by atoms with Crippen molar-refractivity contribution in [1.29, 1.82) is 0 Å². The molecule has 0 saturated heterocycles. The van der Waals surface area contributed by atoms with Crippen LogP contribution in [-0.2, 0) is 12.0 Å². The molecule has 5 aromatic rings. The van der Waals surface area contributed by atoms with E-state index in [1.807, 2.05) is 28.8 Å². The van der Waals surface area contributed by atoms with Gasteiger partial charge in [-0.05, 0) is 29.8 Å². The molecule has 0 aliphatic rings. The number of rotatable bonds is 4. The summed E-state index contributed by atoms with van der Waals surface area (Å²) in [7, 11) is 0. The summed E-state index contributed by atoms with van der Waals surface area (Å²) in [5, 5.41) is 15.0. The van der Waals surface area contributed by atoms with Gasteiger partial charge in [-0.1, -0.05) is 39.0 Å². The van der Waals surface area contributed by atoms with E-state index in [-0.39, 0.29) is 11.2 Å². The van der Waals surface area contributed by atoms with Crippen LogP contribution in [0, 0.1) is 0 Å². The van der Waals surface area contributed by atoms with Gasteiger partial charge in [0.25, 0.3) is 0 Å². The number of furan rings is 1. The third-order valence-corrected chi connectivity index (χ3v) is 6.31. The van der Waals surface area contributed by atoms with Crippen molar-refractivity contribution < 1.29 is 14.3 Å². The Kier molecular flexibility index (Phi) is 4.48. The van der Waals surface area contributed by atoms with Crippen molar-refractivity contribution in [3.05, 3.63) is 70.9 Å². The lowest BCUT2D eigenvalue weighted by atomic mass is 9.93. The zero-order valence-electron chi connectivity index (χ0n) is 17.5. The summed E-state index contributed by atoms with van der Waals surface area (Å²) in [5.41, 5.74) is 4.14. The van der Waals surface area contributed by atoms with Crippen molar-refractivity contribution >= 4 is 39.5 Å². The molecule has 0 aliphatic carbocycles. The van der Waals surface area contributed by atoms with Crippen LogP contribution >= 0.6 is 11.3 Å². The minimum absolute atomic E-state index is 0.000592. The minimum atomic E-state index is -0.000592. The number of hydrogen-bond acceptors (Lipinski definition) is 5. The van der Waals surface area contributed by atoms with E-state index in [0.717, 1.165) is 44.7 Å². The number of carbonyl (C=O) groups is 1. The Morgan fingerprint density at radius 3 is 2.77 bits per heavy atom. The number of aromatic hydroxyl groups is 1. The third-order valence-electron chi connectivity index (χ3n) is 5.45. The van der Waals surface area contributed by atoms with E-state index in [1.165, 1.54) is 0 Å². The van der Waals surface area contributed by atoms with Gasteiger partial charge in [0.15, 0.2) is 17.1 Å². The molecular weight excluding hydrogens is 408 g/mol. The predicted octanol–water partition coefficient (Wildman–Crippen LogP) is 6.37. The first-order valence-corrected chi connectivity index (χ1v) is 11.0. The standard InChI is InChI=1S/C25H22N2O3S/c1-25(2,3)22-14-31-24(26-22)21-10-16-9-15(7-8-20(16)30-21)11-27-12-17(13-28)18-5-4-6-19(29)23(18)27/h4-10,12-14,29H,11H2,1-3H3. The topological polar surface area (TPSA) is 68.3 Å². The van der Waals surface area contributed by atoms with E-state index in [4.69, 9.17) is 9.40 Å². The maximum atomic E-state index is 11.5. The molecule has 2 aromatic carbocycles. The second-order valence-corrected chi connectivity index (χ2v) is 9.63. The lowest BCUT2D eigenvalue weighted by Crippen LogP contribution is -2.11. The molecule has 3 heterocycles. The first kappa shape index (κ1) is 19.6. The average molecular weight is 431 g/mol. The van der Waals surface area contributed by atoms with Crippen molar-refractivity contribution in [2.45, 2.75) is 32.7 Å². The summed E-state index contributed by atoms with van der Waals surface area (Å²) in [5.74, 6) is 0.927. The number of aromatic nitrogens is 2. The molecule has 0 radical (unpaired) electrons. The fraction of sp³-hybridized carbons (Fsp3) is 0.200. The van der Waals surface area contributed by atoms with Crippen LogP contribution in [0.5, 0.6) is 5.75 Å². The van der Waals surface area contributed by atoms with Gasteiger partial charge in [-0.3, -0.25) is 4.79 Å². The molecule has 156 valence electrons. The average Bonchev–Trinajstić information content (AvgIpc) is 3.44. The summed E-state index contributed by atoms with van der Waals surface area (Å²) in [6.45, 7) is 6.98. The van der Waals surface area contributed by atoms with Gasteiger partial charge in [-0.2, -0.15) is 0 Å². The number of benzene rings is 2. The Bertz CT molecular complexity index is 1430. The zero-order valence-corrected chi connectivity index (χ0v) is 18.4. The van der Waals surface area contributed by atoms with Crippen LogP contribution in [-0.4, -0.2) is 20.9 Å². The van der Waals surface area contributed by atoms with Gasteiger partial charge in [0, 0.05) is 39.9 Å². The van der Waals surface area contributed by atoms with E-state index in [2.05, 4.69) is 32.2 Å². The summed E-state index contributed by atoms with van der Waals surface area (Å²) in [6.07, 6.45) is 2.61. The number of fused-ring (bicyclic) bond motifs is 2. The third kappa shape index (κ3) is 3.43. The highest BCUT2D eigenvalue weighted by Crippen LogP contribution is 2.34. The molecule has 6 heteroatoms. The van der Waals surface area contributed by atoms with Gasteiger partial charge >= 0.3 is 0 Å². The fourth-order valence-electron chi connectivity index (χ4n) is 3.81. The number of phenols is 1. The Balaban J connectivity index is 1.51. The smallest absolute Gasteiger partial charge is 0.164 e. The lowest BCUT2D eigenvalue weighted by molar-refractivity contribution is 0.112. The van der Waals surface area contributed by atoms with Crippen LogP contribution < -0.4 is 0 Å². The number of carbonyl (C=O) groups excluding carboxylic acids is 1. The minimum Gasteiger partial charge on any atom is -0.506 e. The molecule has 5 nitrogen and oxygen atoms in total. The highest BCUT2D eigenvalue weighted by atomic mass is 32.1. The Labute approximate surface area is 183 Å². The molecule has 31 heavy (non-hydrogen) atoms. The van der Waals surface area contributed by atoms with E-state index >= 15 is 0 Å². The zero-order chi connectivity index (χ0) is 21.8. The Morgan fingerprint density at radius 1 is 1.19 bits per heavy atom. The number of thiazole rings is 1. The van der Waals surface area contributed by atoms with Crippen LogP contribution in [0.1, 0.15) is 42.4 Å². The summed E-state index contributed by atoms with van der Waals surface area (Å²) in [4.78, 5) is 16.2. The monoisotopic (exact) mass is 430 g/mol. The maximum Gasteiger partial charge on any atom is 0.164 e. The molecule has 0 aliphatic heterocycles. The molecule has 0 atom stereocenters. The number of para-hydroxylation sites is 1. The van der Waals surface area contributed by atoms with E-state index in [9.17, 15) is 9.90 Å². The van der Waals surface area contributed by atoms with Crippen molar-refractivity contribution in [1.82, 2.24) is 9.55 Å². The highest BCUT2D eigenvalue weighted by Gasteiger charge is 2.19.